The van der Waals surface area contributed by atoms with Crippen LogP contribution in [0.2, 0.25) is 0 Å². The quantitative estimate of drug-likeness (QED) is 0.790. The van der Waals surface area contributed by atoms with Crippen molar-refractivity contribution in [3.63, 3.8) is 0 Å². The van der Waals surface area contributed by atoms with Crippen molar-refractivity contribution in [2.75, 3.05) is 17.2 Å². The summed E-state index contributed by atoms with van der Waals surface area (Å²) in [6, 6.07) is 7.99. The first-order valence-corrected chi connectivity index (χ1v) is 6.55. The zero-order valence-electron chi connectivity index (χ0n) is 11.6. The highest BCUT2D eigenvalue weighted by atomic mass is 19.1. The number of pyridine rings is 1. The lowest BCUT2D eigenvalue weighted by Gasteiger charge is -2.09. The summed E-state index contributed by atoms with van der Waals surface area (Å²) >= 11 is 0. The van der Waals surface area contributed by atoms with Gasteiger partial charge >= 0.3 is 0 Å². The van der Waals surface area contributed by atoms with Gasteiger partial charge in [-0.15, -0.1) is 0 Å². The van der Waals surface area contributed by atoms with E-state index in [-0.39, 0.29) is 18.0 Å². The maximum atomic E-state index is 14.1. The molecule has 3 N–H and O–H groups in total. The number of nitrogens with zero attached hydrogens (tertiary/aromatic N) is 1. The van der Waals surface area contributed by atoms with Crippen LogP contribution in [0.3, 0.4) is 0 Å². The van der Waals surface area contributed by atoms with Gasteiger partial charge in [0.2, 0.25) is 0 Å². The van der Waals surface area contributed by atoms with E-state index in [1.165, 1.54) is 12.3 Å². The lowest BCUT2D eigenvalue weighted by molar-refractivity contribution is 0.102. The molecule has 1 aromatic heterocycles. The zero-order chi connectivity index (χ0) is 15.2. The molecule has 21 heavy (non-hydrogen) atoms. The molecule has 110 valence electrons. The largest absolute Gasteiger partial charge is 0.392 e. The van der Waals surface area contributed by atoms with Crippen LogP contribution < -0.4 is 10.6 Å². The van der Waals surface area contributed by atoms with E-state index in [2.05, 4.69) is 15.6 Å². The molecule has 5 nitrogen and oxygen atoms in total. The third kappa shape index (κ3) is 3.55. The maximum Gasteiger partial charge on any atom is 0.258 e. The fraction of sp³-hybridized carbons (Fsp3) is 0.200. The van der Waals surface area contributed by atoms with Gasteiger partial charge in [-0.25, -0.2) is 9.37 Å². The Morgan fingerprint density at radius 1 is 1.29 bits per heavy atom. The van der Waals surface area contributed by atoms with Crippen molar-refractivity contribution in [3.8, 4) is 0 Å². The van der Waals surface area contributed by atoms with E-state index >= 15 is 0 Å². The molecule has 0 unspecified atom stereocenters. The topological polar surface area (TPSA) is 74.2 Å². The van der Waals surface area contributed by atoms with Crippen molar-refractivity contribution in [2.45, 2.75) is 13.5 Å². The van der Waals surface area contributed by atoms with E-state index < -0.39 is 11.7 Å². The summed E-state index contributed by atoms with van der Waals surface area (Å²) in [5.74, 6) is -1.17. The molecule has 0 spiro atoms. The summed E-state index contributed by atoms with van der Waals surface area (Å²) < 4.78 is 14.1. The second-order valence-electron chi connectivity index (χ2n) is 4.36. The summed E-state index contributed by atoms with van der Waals surface area (Å²) in [5, 5.41) is 14.3. The van der Waals surface area contributed by atoms with Gasteiger partial charge in [0, 0.05) is 18.4 Å². The number of hydrogen-bond donors (Lipinski definition) is 3. The second-order valence-corrected chi connectivity index (χ2v) is 4.36. The Balaban J connectivity index is 2.17. The number of rotatable bonds is 5. The van der Waals surface area contributed by atoms with E-state index in [0.717, 1.165) is 5.56 Å². The molecule has 0 saturated heterocycles. The van der Waals surface area contributed by atoms with Crippen molar-refractivity contribution in [3.05, 3.63) is 53.5 Å². The molecule has 0 saturated carbocycles. The molecule has 2 aromatic rings. The molecule has 1 heterocycles. The highest BCUT2D eigenvalue weighted by Gasteiger charge is 2.15. The van der Waals surface area contributed by atoms with Gasteiger partial charge in [-0.3, -0.25) is 4.79 Å². The maximum absolute atomic E-state index is 14.1. The molecular weight excluding hydrogens is 273 g/mol. The third-order valence-electron chi connectivity index (χ3n) is 2.87. The van der Waals surface area contributed by atoms with Crippen LogP contribution in [0.5, 0.6) is 0 Å². The van der Waals surface area contributed by atoms with Crippen molar-refractivity contribution < 1.29 is 14.3 Å². The minimum absolute atomic E-state index is 0.0563. The van der Waals surface area contributed by atoms with Crippen LogP contribution in [-0.2, 0) is 6.61 Å². The molecule has 0 radical (unpaired) electrons. The first-order chi connectivity index (χ1) is 10.2. The Kier molecular flexibility index (Phi) is 4.84. The van der Waals surface area contributed by atoms with E-state index in [1.807, 2.05) is 6.92 Å². The minimum atomic E-state index is -0.677. The molecule has 1 amide bonds. The first kappa shape index (κ1) is 14.9. The van der Waals surface area contributed by atoms with Crippen LogP contribution in [0.4, 0.5) is 15.9 Å². The SMILES string of the molecule is CCNc1nccc(C(=O)Nc2ccc(CO)cc2)c1F. The first-order valence-electron chi connectivity index (χ1n) is 6.55. The fourth-order valence-corrected chi connectivity index (χ4v) is 1.80. The van der Waals surface area contributed by atoms with Crippen LogP contribution in [0.1, 0.15) is 22.8 Å². The normalized spacial score (nSPS) is 10.2. The number of aliphatic hydroxyl groups is 1. The van der Waals surface area contributed by atoms with Gasteiger partial charge in [0.05, 0.1) is 12.2 Å². The van der Waals surface area contributed by atoms with Crippen LogP contribution >= 0.6 is 0 Å². The predicted octanol–water partition coefficient (Wildman–Crippen LogP) is 2.40. The lowest BCUT2D eigenvalue weighted by Crippen LogP contribution is -2.15. The molecule has 1 aromatic carbocycles. The Morgan fingerprint density at radius 2 is 2.00 bits per heavy atom. The number of amides is 1. The van der Waals surface area contributed by atoms with E-state index in [4.69, 9.17) is 5.11 Å². The van der Waals surface area contributed by atoms with Crippen LogP contribution in [0, 0.1) is 5.82 Å². The fourth-order valence-electron chi connectivity index (χ4n) is 1.80. The molecule has 0 atom stereocenters. The molecule has 0 aliphatic heterocycles. The van der Waals surface area contributed by atoms with Crippen molar-refractivity contribution >= 4 is 17.4 Å². The number of carbonyl (C=O) groups is 1. The van der Waals surface area contributed by atoms with E-state index in [1.54, 1.807) is 24.3 Å². The van der Waals surface area contributed by atoms with Gasteiger partial charge < -0.3 is 15.7 Å². The number of nitrogens with one attached hydrogen (secondary N) is 2. The van der Waals surface area contributed by atoms with E-state index in [0.29, 0.717) is 12.2 Å². The molecule has 0 aliphatic rings. The monoisotopic (exact) mass is 289 g/mol. The summed E-state index contributed by atoms with van der Waals surface area (Å²) in [4.78, 5) is 15.9. The Bertz CT molecular complexity index is 629. The number of carbonyl (C=O) groups excluding carboxylic acids is 1. The van der Waals surface area contributed by atoms with Gasteiger partial charge in [0.1, 0.15) is 0 Å². The van der Waals surface area contributed by atoms with Crippen LogP contribution in [-0.4, -0.2) is 22.5 Å². The average molecular weight is 289 g/mol. The minimum Gasteiger partial charge on any atom is -0.392 e. The Labute approximate surface area is 121 Å². The van der Waals surface area contributed by atoms with Crippen LogP contribution in [0.25, 0.3) is 0 Å². The number of hydrogen-bond acceptors (Lipinski definition) is 4. The zero-order valence-corrected chi connectivity index (χ0v) is 11.6. The van der Waals surface area contributed by atoms with E-state index in [9.17, 15) is 9.18 Å². The number of aromatic nitrogens is 1. The Morgan fingerprint density at radius 3 is 2.62 bits per heavy atom. The summed E-state index contributed by atoms with van der Waals surface area (Å²) in [6.45, 7) is 2.26. The molecule has 0 fully saturated rings. The standard InChI is InChI=1S/C15H16FN3O2/c1-2-17-14-13(16)12(7-8-18-14)15(21)19-11-5-3-10(9-20)4-6-11/h3-8,20H,2,9H2,1H3,(H,17,18)(H,19,21). The molecular formula is C15H16FN3O2. The van der Waals surface area contributed by atoms with Crippen molar-refractivity contribution in [2.24, 2.45) is 0 Å². The summed E-state index contributed by atoms with van der Waals surface area (Å²) in [6.07, 6.45) is 1.38. The van der Waals surface area contributed by atoms with Gasteiger partial charge in [-0.1, -0.05) is 12.1 Å². The molecule has 2 rings (SSSR count). The number of halogens is 1. The van der Waals surface area contributed by atoms with Crippen molar-refractivity contribution in [1.29, 1.82) is 0 Å². The lowest BCUT2D eigenvalue weighted by atomic mass is 10.2. The number of anilines is 2. The van der Waals surface area contributed by atoms with Gasteiger partial charge in [0.15, 0.2) is 11.6 Å². The van der Waals surface area contributed by atoms with Crippen LogP contribution in [0.15, 0.2) is 36.5 Å². The molecule has 6 heteroatoms. The summed E-state index contributed by atoms with van der Waals surface area (Å²) in [5.41, 5.74) is 1.18. The highest BCUT2D eigenvalue weighted by Crippen LogP contribution is 2.17. The van der Waals surface area contributed by atoms with Crippen molar-refractivity contribution in [1.82, 2.24) is 4.98 Å². The number of aliphatic hydroxyl groups excluding tert-OH is 1. The average Bonchev–Trinajstić information content (AvgIpc) is 2.50. The second kappa shape index (κ2) is 6.81. The predicted molar refractivity (Wildman–Crippen MR) is 78.7 cm³/mol. The van der Waals surface area contributed by atoms with Gasteiger partial charge in [-0.2, -0.15) is 0 Å². The Hall–Kier alpha value is -2.47. The smallest absolute Gasteiger partial charge is 0.258 e. The molecule has 0 aliphatic carbocycles. The summed E-state index contributed by atoms with van der Waals surface area (Å²) in [7, 11) is 0. The number of benzene rings is 1. The third-order valence-corrected chi connectivity index (χ3v) is 2.87. The van der Waals surface area contributed by atoms with Gasteiger partial charge in [-0.05, 0) is 30.7 Å². The molecule has 0 bridgehead atoms. The highest BCUT2D eigenvalue weighted by molar-refractivity contribution is 6.04. The van der Waals surface area contributed by atoms with Gasteiger partial charge in [0.25, 0.3) is 5.91 Å².